The minimum Gasteiger partial charge on any atom is -0.0882 e. The molecule has 1 aliphatic rings. The van der Waals surface area contributed by atoms with Crippen molar-refractivity contribution in [1.29, 1.82) is 0 Å². The van der Waals surface area contributed by atoms with Gasteiger partial charge in [-0.05, 0) is 32.1 Å². The third kappa shape index (κ3) is 4.60. The van der Waals surface area contributed by atoms with Gasteiger partial charge in [-0.15, -0.1) is 0 Å². The molecule has 0 saturated carbocycles. The molecule has 1 aliphatic carbocycles. The van der Waals surface area contributed by atoms with Crippen LogP contribution in [0.2, 0.25) is 0 Å². The largest absolute Gasteiger partial charge is 0.0882 e. The van der Waals surface area contributed by atoms with Crippen molar-refractivity contribution in [3.05, 3.63) is 42.9 Å². The molecular formula is C11H15. The second-order valence-electron chi connectivity index (χ2n) is 2.67. The van der Waals surface area contributed by atoms with Crippen LogP contribution in [-0.2, 0) is 0 Å². The van der Waals surface area contributed by atoms with E-state index in [0.717, 1.165) is 12.8 Å². The number of allylic oxidation sites excluding steroid dienone is 6. The average Bonchev–Trinajstić information content (AvgIpc) is 2.08. The molecule has 0 amide bonds. The Labute approximate surface area is 69.3 Å². The van der Waals surface area contributed by atoms with Gasteiger partial charge in [-0.2, -0.15) is 0 Å². The third-order valence-corrected chi connectivity index (χ3v) is 1.66. The monoisotopic (exact) mass is 147 g/mol. The van der Waals surface area contributed by atoms with Crippen LogP contribution in [0.3, 0.4) is 0 Å². The number of rotatable bonds is 0. The minimum atomic E-state index is 1.07. The van der Waals surface area contributed by atoms with Crippen LogP contribution < -0.4 is 0 Å². The minimum absolute atomic E-state index is 1.07. The van der Waals surface area contributed by atoms with Gasteiger partial charge >= 0.3 is 0 Å². The van der Waals surface area contributed by atoms with Crippen molar-refractivity contribution in [3.8, 4) is 0 Å². The molecule has 0 heterocycles. The van der Waals surface area contributed by atoms with E-state index in [1.54, 1.807) is 0 Å². The summed E-state index contributed by atoms with van der Waals surface area (Å²) < 4.78 is 0. The van der Waals surface area contributed by atoms with Gasteiger partial charge in [0.05, 0.1) is 0 Å². The van der Waals surface area contributed by atoms with Gasteiger partial charge in [-0.1, -0.05) is 36.5 Å². The van der Waals surface area contributed by atoms with E-state index in [9.17, 15) is 0 Å². The maximum Gasteiger partial charge on any atom is -0.0166 e. The number of hydrogen-bond acceptors (Lipinski definition) is 0. The van der Waals surface area contributed by atoms with Gasteiger partial charge < -0.3 is 0 Å². The van der Waals surface area contributed by atoms with Gasteiger partial charge in [0, 0.05) is 0 Å². The molecule has 0 bridgehead atoms. The van der Waals surface area contributed by atoms with Crippen LogP contribution in [0.1, 0.15) is 25.7 Å². The summed E-state index contributed by atoms with van der Waals surface area (Å²) in [6.07, 6.45) is 20.0. The molecule has 0 aliphatic heterocycles. The van der Waals surface area contributed by atoms with E-state index < -0.39 is 0 Å². The first-order chi connectivity index (χ1) is 5.50. The highest BCUT2D eigenvalue weighted by Crippen LogP contribution is 2.02. The van der Waals surface area contributed by atoms with Crippen LogP contribution in [-0.4, -0.2) is 0 Å². The van der Waals surface area contributed by atoms with E-state index in [1.807, 2.05) is 0 Å². The van der Waals surface area contributed by atoms with E-state index in [2.05, 4.69) is 42.9 Å². The molecule has 0 unspecified atom stereocenters. The van der Waals surface area contributed by atoms with Gasteiger partial charge in [-0.25, -0.2) is 0 Å². The SMILES string of the molecule is [CH]1CC=CC=CCC=CCC1. The summed E-state index contributed by atoms with van der Waals surface area (Å²) in [5.41, 5.74) is 0. The predicted octanol–water partition coefficient (Wildman–Crippen LogP) is 3.43. The lowest BCUT2D eigenvalue weighted by Crippen LogP contribution is -1.72. The van der Waals surface area contributed by atoms with Crippen molar-refractivity contribution in [2.24, 2.45) is 0 Å². The molecule has 0 saturated heterocycles. The van der Waals surface area contributed by atoms with E-state index >= 15 is 0 Å². The highest BCUT2D eigenvalue weighted by molar-refractivity contribution is 5.06. The first kappa shape index (κ1) is 8.32. The van der Waals surface area contributed by atoms with E-state index in [1.165, 1.54) is 12.8 Å². The fourth-order valence-electron chi connectivity index (χ4n) is 1.04. The Balaban J connectivity index is 2.35. The zero-order valence-corrected chi connectivity index (χ0v) is 6.87. The molecule has 0 aromatic carbocycles. The van der Waals surface area contributed by atoms with E-state index in [0.29, 0.717) is 0 Å². The van der Waals surface area contributed by atoms with Gasteiger partial charge in [0.25, 0.3) is 0 Å². The Morgan fingerprint density at radius 3 is 2.36 bits per heavy atom. The van der Waals surface area contributed by atoms with Gasteiger partial charge in [0.15, 0.2) is 0 Å². The Bertz CT molecular complexity index is 161. The Morgan fingerprint density at radius 1 is 0.636 bits per heavy atom. The fourth-order valence-corrected chi connectivity index (χ4v) is 1.04. The fraction of sp³-hybridized carbons (Fsp3) is 0.364. The third-order valence-electron chi connectivity index (χ3n) is 1.66. The van der Waals surface area contributed by atoms with Crippen molar-refractivity contribution < 1.29 is 0 Å². The van der Waals surface area contributed by atoms with Crippen LogP contribution in [0.4, 0.5) is 0 Å². The Hall–Kier alpha value is -0.780. The van der Waals surface area contributed by atoms with Gasteiger partial charge in [0.1, 0.15) is 0 Å². The van der Waals surface area contributed by atoms with Gasteiger partial charge in [0.2, 0.25) is 0 Å². The second-order valence-corrected chi connectivity index (χ2v) is 2.67. The molecule has 59 valence electrons. The summed E-state index contributed by atoms with van der Waals surface area (Å²) in [6, 6.07) is 0. The molecule has 11 heavy (non-hydrogen) atoms. The maximum absolute atomic E-state index is 2.32. The molecule has 0 aromatic rings. The normalized spacial score (nSPS) is 19.6. The zero-order valence-electron chi connectivity index (χ0n) is 6.87. The standard InChI is InChI=1S/C11H15/c1-2-4-6-8-10-11-9-7-5-3-1/h1-4,7-9H,5-6,10-11H2. The summed E-state index contributed by atoms with van der Waals surface area (Å²) >= 11 is 0. The Morgan fingerprint density at radius 2 is 1.45 bits per heavy atom. The predicted molar refractivity (Wildman–Crippen MR) is 50.2 cm³/mol. The molecule has 0 fully saturated rings. The van der Waals surface area contributed by atoms with E-state index in [-0.39, 0.29) is 0 Å². The second kappa shape index (κ2) is 5.96. The molecule has 0 atom stereocenters. The lowest BCUT2D eigenvalue weighted by Gasteiger charge is -1.90. The van der Waals surface area contributed by atoms with Crippen LogP contribution >= 0.6 is 0 Å². The first-order valence-electron chi connectivity index (χ1n) is 4.28. The van der Waals surface area contributed by atoms with Crippen LogP contribution in [0.25, 0.3) is 0 Å². The smallest absolute Gasteiger partial charge is 0.0166 e. The molecule has 0 N–H and O–H groups in total. The quantitative estimate of drug-likeness (QED) is 0.460. The molecule has 1 rings (SSSR count). The molecule has 1 radical (unpaired) electrons. The molecule has 0 heteroatoms. The van der Waals surface area contributed by atoms with Crippen molar-refractivity contribution >= 4 is 0 Å². The topological polar surface area (TPSA) is 0 Å². The summed E-state index contributed by atoms with van der Waals surface area (Å²) in [5.74, 6) is 0. The highest BCUT2D eigenvalue weighted by Gasteiger charge is 1.84. The highest BCUT2D eigenvalue weighted by atomic mass is 13.9. The molecule has 0 nitrogen and oxygen atoms in total. The molecule has 0 spiro atoms. The zero-order chi connectivity index (χ0) is 7.78. The maximum atomic E-state index is 2.32. The Kier molecular flexibility index (Phi) is 4.51. The van der Waals surface area contributed by atoms with Crippen LogP contribution in [0, 0.1) is 6.42 Å². The number of hydrogen-bond donors (Lipinski definition) is 0. The summed E-state index contributed by atoms with van der Waals surface area (Å²) in [7, 11) is 0. The first-order valence-corrected chi connectivity index (χ1v) is 4.28. The van der Waals surface area contributed by atoms with Crippen molar-refractivity contribution in [1.82, 2.24) is 0 Å². The summed E-state index contributed by atoms with van der Waals surface area (Å²) in [5, 5.41) is 0. The van der Waals surface area contributed by atoms with Crippen LogP contribution in [0.15, 0.2) is 36.5 Å². The molecular weight excluding hydrogens is 132 g/mol. The lowest BCUT2D eigenvalue weighted by molar-refractivity contribution is 0.932. The average molecular weight is 147 g/mol. The van der Waals surface area contributed by atoms with Crippen molar-refractivity contribution in [2.75, 3.05) is 0 Å². The molecule has 0 aromatic heterocycles. The van der Waals surface area contributed by atoms with Crippen molar-refractivity contribution in [2.45, 2.75) is 25.7 Å². The summed E-state index contributed by atoms with van der Waals surface area (Å²) in [6.45, 7) is 0. The summed E-state index contributed by atoms with van der Waals surface area (Å²) in [4.78, 5) is 0. The van der Waals surface area contributed by atoms with Crippen molar-refractivity contribution in [3.63, 3.8) is 0 Å². The van der Waals surface area contributed by atoms with E-state index in [4.69, 9.17) is 0 Å². The van der Waals surface area contributed by atoms with Crippen LogP contribution in [0.5, 0.6) is 0 Å². The van der Waals surface area contributed by atoms with Gasteiger partial charge in [-0.3, -0.25) is 0 Å². The lowest BCUT2D eigenvalue weighted by atomic mass is 10.2.